The molecule has 7 nitrogen and oxygen atoms in total. The van der Waals surface area contributed by atoms with Gasteiger partial charge in [-0.2, -0.15) is 0 Å². The summed E-state index contributed by atoms with van der Waals surface area (Å²) in [5.41, 5.74) is 2.52. The molecule has 2 amide bonds. The molecule has 1 heterocycles. The fourth-order valence-corrected chi connectivity index (χ4v) is 4.00. The zero-order chi connectivity index (χ0) is 22.5. The minimum absolute atomic E-state index is 0.0989. The lowest BCUT2D eigenvalue weighted by atomic mass is 10.1. The fraction of sp³-hybridized carbons (Fsp3) is 0.167. The highest BCUT2D eigenvalue weighted by molar-refractivity contribution is 7.99. The van der Waals surface area contributed by atoms with E-state index in [4.69, 9.17) is 0 Å². The highest BCUT2D eigenvalue weighted by Gasteiger charge is 2.15. The number of carbonyl (C=O) groups excluding carboxylic acids is 2. The summed E-state index contributed by atoms with van der Waals surface area (Å²) in [6, 6.07) is 21.4. The van der Waals surface area contributed by atoms with Crippen LogP contribution in [0.4, 0.5) is 11.4 Å². The molecule has 162 valence electrons. The molecule has 0 atom stereocenters. The minimum Gasteiger partial charge on any atom is -0.325 e. The van der Waals surface area contributed by atoms with Crippen LogP contribution in [0, 0.1) is 6.92 Å². The number of fused-ring (bicyclic) bond motifs is 1. The number of benzene rings is 3. The summed E-state index contributed by atoms with van der Waals surface area (Å²) < 4.78 is 1.74. The van der Waals surface area contributed by atoms with Crippen molar-refractivity contribution < 1.29 is 9.59 Å². The molecule has 4 rings (SSSR count). The van der Waals surface area contributed by atoms with E-state index < -0.39 is 0 Å². The summed E-state index contributed by atoms with van der Waals surface area (Å²) in [6.45, 7) is 1.94. The van der Waals surface area contributed by atoms with Crippen molar-refractivity contribution in [3.63, 3.8) is 0 Å². The van der Waals surface area contributed by atoms with Gasteiger partial charge in [-0.1, -0.05) is 60.3 Å². The van der Waals surface area contributed by atoms with Crippen LogP contribution in [0.2, 0.25) is 0 Å². The number of amides is 2. The molecular formula is C24H23N5O2S. The standard InChI is InChI=1S/C24H23N5O2S/c1-16-7-3-6-10-20(16)26-22(30)14-21-27-28-24(29(21)2)32-15-23(31)25-19-12-11-17-8-4-5-9-18(17)13-19/h3-13H,14-15H2,1-2H3,(H,25,31)(H,26,30). The summed E-state index contributed by atoms with van der Waals surface area (Å²) in [5.74, 6) is 0.426. The van der Waals surface area contributed by atoms with Crippen molar-refractivity contribution >= 4 is 45.7 Å². The van der Waals surface area contributed by atoms with E-state index in [0.29, 0.717) is 11.0 Å². The summed E-state index contributed by atoms with van der Waals surface area (Å²) in [5, 5.41) is 16.8. The lowest BCUT2D eigenvalue weighted by Gasteiger charge is -2.08. The van der Waals surface area contributed by atoms with Crippen LogP contribution < -0.4 is 10.6 Å². The van der Waals surface area contributed by atoms with Crippen LogP contribution in [-0.4, -0.2) is 32.3 Å². The van der Waals surface area contributed by atoms with Gasteiger partial charge in [-0.3, -0.25) is 9.59 Å². The van der Waals surface area contributed by atoms with Gasteiger partial charge >= 0.3 is 0 Å². The molecule has 1 aromatic heterocycles. The number of para-hydroxylation sites is 1. The molecule has 8 heteroatoms. The number of anilines is 2. The third-order valence-electron chi connectivity index (χ3n) is 5.03. The fourth-order valence-electron chi connectivity index (χ4n) is 3.27. The molecule has 3 aromatic carbocycles. The Kier molecular flexibility index (Phi) is 6.51. The smallest absolute Gasteiger partial charge is 0.234 e. The third kappa shape index (κ3) is 5.15. The Hall–Kier alpha value is -3.65. The number of aromatic nitrogens is 3. The van der Waals surface area contributed by atoms with Crippen LogP contribution in [0.25, 0.3) is 10.8 Å². The average Bonchev–Trinajstić information content (AvgIpc) is 3.13. The lowest BCUT2D eigenvalue weighted by Crippen LogP contribution is -2.17. The predicted molar refractivity (Wildman–Crippen MR) is 128 cm³/mol. The number of nitrogens with one attached hydrogen (secondary N) is 2. The van der Waals surface area contributed by atoms with E-state index in [0.717, 1.165) is 27.7 Å². The summed E-state index contributed by atoms with van der Waals surface area (Å²) in [7, 11) is 1.79. The van der Waals surface area contributed by atoms with Gasteiger partial charge in [0.05, 0.1) is 12.2 Å². The molecule has 0 unspecified atom stereocenters. The van der Waals surface area contributed by atoms with E-state index >= 15 is 0 Å². The Balaban J connectivity index is 1.32. The molecule has 0 bridgehead atoms. The van der Waals surface area contributed by atoms with Crippen molar-refractivity contribution in [2.45, 2.75) is 18.5 Å². The maximum atomic E-state index is 12.4. The van der Waals surface area contributed by atoms with Crippen molar-refractivity contribution in [3.05, 3.63) is 78.1 Å². The number of carbonyl (C=O) groups is 2. The second kappa shape index (κ2) is 9.65. The Morgan fingerprint density at radius 3 is 2.47 bits per heavy atom. The maximum Gasteiger partial charge on any atom is 0.234 e. The molecule has 0 saturated heterocycles. The van der Waals surface area contributed by atoms with Crippen LogP contribution in [0.5, 0.6) is 0 Å². The molecule has 0 aliphatic carbocycles. The highest BCUT2D eigenvalue weighted by Crippen LogP contribution is 2.21. The van der Waals surface area contributed by atoms with E-state index in [1.54, 1.807) is 11.6 Å². The quantitative estimate of drug-likeness (QED) is 0.417. The van der Waals surface area contributed by atoms with Crippen LogP contribution in [0.1, 0.15) is 11.4 Å². The number of hydrogen-bond donors (Lipinski definition) is 2. The van der Waals surface area contributed by atoms with E-state index in [1.165, 1.54) is 11.8 Å². The van der Waals surface area contributed by atoms with Gasteiger partial charge in [0.25, 0.3) is 0 Å². The average molecular weight is 446 g/mol. The maximum absolute atomic E-state index is 12.4. The topological polar surface area (TPSA) is 88.9 Å². The molecule has 0 aliphatic heterocycles. The Morgan fingerprint density at radius 1 is 0.906 bits per heavy atom. The summed E-state index contributed by atoms with van der Waals surface area (Å²) >= 11 is 1.28. The molecule has 0 fully saturated rings. The van der Waals surface area contributed by atoms with Gasteiger partial charge in [0.15, 0.2) is 5.16 Å². The van der Waals surface area contributed by atoms with E-state index in [9.17, 15) is 9.59 Å². The molecule has 4 aromatic rings. The van der Waals surface area contributed by atoms with Crippen molar-refractivity contribution in [1.29, 1.82) is 0 Å². The van der Waals surface area contributed by atoms with Gasteiger partial charge in [0.2, 0.25) is 11.8 Å². The first-order valence-corrected chi connectivity index (χ1v) is 11.1. The molecule has 0 radical (unpaired) electrons. The Morgan fingerprint density at radius 2 is 1.66 bits per heavy atom. The van der Waals surface area contributed by atoms with Gasteiger partial charge in [0.1, 0.15) is 5.82 Å². The zero-order valence-electron chi connectivity index (χ0n) is 17.8. The van der Waals surface area contributed by atoms with Gasteiger partial charge in [-0.15, -0.1) is 10.2 Å². The van der Waals surface area contributed by atoms with Gasteiger partial charge in [0, 0.05) is 18.4 Å². The number of nitrogens with zero attached hydrogens (tertiary/aromatic N) is 3. The summed E-state index contributed by atoms with van der Waals surface area (Å²) in [4.78, 5) is 24.8. The van der Waals surface area contributed by atoms with Crippen LogP contribution in [-0.2, 0) is 23.1 Å². The third-order valence-corrected chi connectivity index (χ3v) is 6.05. The SMILES string of the molecule is Cc1ccccc1NC(=O)Cc1nnc(SCC(=O)Nc2ccc3ccccc3c2)n1C. The second-order valence-corrected chi connectivity index (χ2v) is 8.34. The first-order chi connectivity index (χ1) is 15.5. The molecule has 0 spiro atoms. The first kappa shape index (κ1) is 21.6. The summed E-state index contributed by atoms with van der Waals surface area (Å²) in [6.07, 6.45) is 0.0989. The van der Waals surface area contributed by atoms with Gasteiger partial charge < -0.3 is 15.2 Å². The van der Waals surface area contributed by atoms with Crippen molar-refractivity contribution in [1.82, 2.24) is 14.8 Å². The van der Waals surface area contributed by atoms with E-state index in [2.05, 4.69) is 20.8 Å². The Bertz CT molecular complexity index is 1280. The normalized spacial score (nSPS) is 10.8. The molecular weight excluding hydrogens is 422 g/mol. The predicted octanol–water partition coefficient (Wildman–Crippen LogP) is 4.19. The molecule has 0 saturated carbocycles. The van der Waals surface area contributed by atoms with Crippen LogP contribution in [0.3, 0.4) is 0 Å². The van der Waals surface area contributed by atoms with Crippen LogP contribution in [0.15, 0.2) is 71.9 Å². The van der Waals surface area contributed by atoms with Crippen molar-refractivity contribution in [2.75, 3.05) is 16.4 Å². The van der Waals surface area contributed by atoms with Crippen molar-refractivity contribution in [3.8, 4) is 0 Å². The van der Waals surface area contributed by atoms with Gasteiger partial charge in [-0.05, 0) is 41.5 Å². The minimum atomic E-state index is -0.166. The Labute approximate surface area is 190 Å². The largest absolute Gasteiger partial charge is 0.325 e. The number of hydrogen-bond acceptors (Lipinski definition) is 5. The lowest BCUT2D eigenvalue weighted by molar-refractivity contribution is -0.116. The highest BCUT2D eigenvalue weighted by atomic mass is 32.2. The van der Waals surface area contributed by atoms with Crippen LogP contribution >= 0.6 is 11.8 Å². The van der Waals surface area contributed by atoms with E-state index in [-0.39, 0.29) is 24.0 Å². The number of rotatable bonds is 7. The van der Waals surface area contributed by atoms with E-state index in [1.807, 2.05) is 73.7 Å². The monoisotopic (exact) mass is 445 g/mol. The number of aryl methyl sites for hydroxylation is 1. The second-order valence-electron chi connectivity index (χ2n) is 7.40. The zero-order valence-corrected chi connectivity index (χ0v) is 18.6. The molecule has 2 N–H and O–H groups in total. The molecule has 0 aliphatic rings. The first-order valence-electron chi connectivity index (χ1n) is 10.1. The van der Waals surface area contributed by atoms with Gasteiger partial charge in [-0.25, -0.2) is 0 Å². The number of thioether (sulfide) groups is 1. The molecule has 32 heavy (non-hydrogen) atoms. The van der Waals surface area contributed by atoms with Crippen molar-refractivity contribution in [2.24, 2.45) is 7.05 Å².